The number of para-hydroxylation sites is 3. The number of nitrogens with zero attached hydrogens (tertiary/aromatic N) is 1. The zero-order valence-electron chi connectivity index (χ0n) is 16.2. The maximum absolute atomic E-state index is 13.9. The van der Waals surface area contributed by atoms with Gasteiger partial charge < -0.3 is 5.32 Å². The van der Waals surface area contributed by atoms with E-state index >= 15 is 0 Å². The summed E-state index contributed by atoms with van der Waals surface area (Å²) in [4.78, 5) is 13.9. The molecule has 30 heavy (non-hydrogen) atoms. The third kappa shape index (κ3) is 2.36. The summed E-state index contributed by atoms with van der Waals surface area (Å²) in [7, 11) is 0. The maximum atomic E-state index is 13.9. The van der Waals surface area contributed by atoms with Crippen LogP contribution in [0.1, 0.15) is 0 Å². The Morgan fingerprint density at radius 1 is 0.600 bits per heavy atom. The number of hydrogen-bond acceptors (Lipinski definition) is 2. The van der Waals surface area contributed by atoms with E-state index in [4.69, 9.17) is 0 Å². The summed E-state index contributed by atoms with van der Waals surface area (Å²) in [5, 5.41) is 6.77. The van der Waals surface area contributed by atoms with Crippen LogP contribution >= 0.6 is 0 Å². The van der Waals surface area contributed by atoms with Crippen molar-refractivity contribution in [1.82, 2.24) is 4.40 Å². The lowest BCUT2D eigenvalue weighted by Crippen LogP contribution is -2.17. The van der Waals surface area contributed by atoms with Gasteiger partial charge in [0.05, 0.1) is 22.3 Å². The van der Waals surface area contributed by atoms with Gasteiger partial charge in [-0.15, -0.1) is 0 Å². The van der Waals surface area contributed by atoms with Crippen LogP contribution in [-0.4, -0.2) is 4.40 Å². The van der Waals surface area contributed by atoms with Gasteiger partial charge in [-0.1, -0.05) is 84.9 Å². The second kappa shape index (κ2) is 6.46. The number of fused-ring (bicyclic) bond motifs is 3. The van der Waals surface area contributed by atoms with Crippen molar-refractivity contribution in [3.8, 4) is 11.1 Å². The number of rotatable bonds is 3. The first-order valence-electron chi connectivity index (χ1n) is 10.0. The highest BCUT2D eigenvalue weighted by molar-refractivity contribution is 6.18. The molecule has 0 amide bonds. The van der Waals surface area contributed by atoms with Gasteiger partial charge >= 0.3 is 0 Å². The fraction of sp³-hybridized carbons (Fsp3) is 0. The zero-order chi connectivity index (χ0) is 20.1. The Morgan fingerprint density at radius 2 is 1.23 bits per heavy atom. The van der Waals surface area contributed by atoms with Crippen molar-refractivity contribution in [3.63, 3.8) is 0 Å². The van der Waals surface area contributed by atoms with Crippen LogP contribution in [0, 0.1) is 0 Å². The van der Waals surface area contributed by atoms with E-state index in [0.29, 0.717) is 5.56 Å². The van der Waals surface area contributed by atoms with Crippen molar-refractivity contribution in [2.45, 2.75) is 0 Å². The Kier molecular flexibility index (Phi) is 3.62. The monoisotopic (exact) mass is 386 g/mol. The van der Waals surface area contributed by atoms with Gasteiger partial charge in [0.25, 0.3) is 5.56 Å². The molecule has 0 aliphatic carbocycles. The van der Waals surface area contributed by atoms with Crippen molar-refractivity contribution >= 4 is 38.6 Å². The van der Waals surface area contributed by atoms with Gasteiger partial charge in [-0.3, -0.25) is 9.20 Å². The molecule has 0 aliphatic heterocycles. The summed E-state index contributed by atoms with van der Waals surface area (Å²) in [6, 6.07) is 34.3. The predicted octanol–water partition coefficient (Wildman–Crippen LogP) is 6.45. The minimum atomic E-state index is -0.00969. The van der Waals surface area contributed by atoms with Gasteiger partial charge in [-0.25, -0.2) is 0 Å². The highest BCUT2D eigenvalue weighted by atomic mass is 16.1. The molecule has 142 valence electrons. The number of pyridine rings is 1. The van der Waals surface area contributed by atoms with E-state index < -0.39 is 0 Å². The third-order valence-corrected chi connectivity index (χ3v) is 5.74. The second-order valence-electron chi connectivity index (χ2n) is 7.47. The first kappa shape index (κ1) is 16.8. The molecule has 0 aliphatic rings. The molecule has 3 nitrogen and oxygen atoms in total. The Bertz CT molecular complexity index is 1570. The molecular formula is C27H18N2O. The molecule has 2 heterocycles. The normalized spacial score (nSPS) is 11.5. The number of aromatic nitrogens is 1. The molecule has 0 saturated heterocycles. The molecule has 0 atom stereocenters. The van der Waals surface area contributed by atoms with Crippen LogP contribution in [0.4, 0.5) is 11.4 Å². The molecule has 6 rings (SSSR count). The van der Waals surface area contributed by atoms with Gasteiger partial charge in [-0.2, -0.15) is 0 Å². The SMILES string of the molecule is O=c1c(-c2ccccc2)c(Nc2ccccc2)c2cccc3c4ccccc4n1c23. The van der Waals surface area contributed by atoms with Gasteiger partial charge in [0.15, 0.2) is 0 Å². The summed E-state index contributed by atoms with van der Waals surface area (Å²) in [6.45, 7) is 0. The van der Waals surface area contributed by atoms with Gasteiger partial charge in [-0.05, 0) is 23.8 Å². The predicted molar refractivity (Wildman–Crippen MR) is 125 cm³/mol. The van der Waals surface area contributed by atoms with E-state index in [-0.39, 0.29) is 5.56 Å². The first-order valence-corrected chi connectivity index (χ1v) is 10.0. The van der Waals surface area contributed by atoms with Gasteiger partial charge in [0.1, 0.15) is 0 Å². The molecule has 0 spiro atoms. The minimum Gasteiger partial charge on any atom is -0.354 e. The fourth-order valence-corrected chi connectivity index (χ4v) is 4.45. The average molecular weight is 386 g/mol. The van der Waals surface area contributed by atoms with Crippen molar-refractivity contribution < 1.29 is 0 Å². The topological polar surface area (TPSA) is 33.5 Å². The number of nitrogens with one attached hydrogen (secondary N) is 1. The van der Waals surface area contributed by atoms with Crippen LogP contribution in [0.2, 0.25) is 0 Å². The summed E-state index contributed by atoms with van der Waals surface area (Å²) in [6.07, 6.45) is 0. The number of hydrogen-bond donors (Lipinski definition) is 1. The van der Waals surface area contributed by atoms with Crippen molar-refractivity contribution in [2.75, 3.05) is 5.32 Å². The molecule has 0 fully saturated rings. The summed E-state index contributed by atoms with van der Waals surface area (Å²) >= 11 is 0. The summed E-state index contributed by atoms with van der Waals surface area (Å²) in [5.41, 5.74) is 5.28. The highest BCUT2D eigenvalue weighted by Crippen LogP contribution is 2.39. The van der Waals surface area contributed by atoms with Crippen molar-refractivity contribution in [3.05, 3.63) is 113 Å². The molecule has 4 aromatic carbocycles. The number of anilines is 2. The van der Waals surface area contributed by atoms with Gasteiger partial charge in [0, 0.05) is 21.8 Å². The molecular weight excluding hydrogens is 368 g/mol. The Hall–Kier alpha value is -4.11. The Labute approximate surface area is 173 Å². The van der Waals surface area contributed by atoms with E-state index in [0.717, 1.165) is 44.1 Å². The van der Waals surface area contributed by atoms with Crippen LogP contribution in [0.3, 0.4) is 0 Å². The lowest BCUT2D eigenvalue weighted by molar-refractivity contribution is 1.18. The van der Waals surface area contributed by atoms with Crippen LogP contribution < -0.4 is 10.9 Å². The van der Waals surface area contributed by atoms with Crippen LogP contribution in [0.15, 0.2) is 108 Å². The van der Waals surface area contributed by atoms with Crippen molar-refractivity contribution in [1.29, 1.82) is 0 Å². The molecule has 0 bridgehead atoms. The molecule has 1 N–H and O–H groups in total. The average Bonchev–Trinajstić information content (AvgIpc) is 3.14. The summed E-state index contributed by atoms with van der Waals surface area (Å²) in [5.74, 6) is 0. The van der Waals surface area contributed by atoms with E-state index in [1.165, 1.54) is 0 Å². The quantitative estimate of drug-likeness (QED) is 0.379. The molecule has 0 saturated carbocycles. The first-order chi connectivity index (χ1) is 14.8. The molecule has 0 unspecified atom stereocenters. The maximum Gasteiger partial charge on any atom is 0.265 e. The van der Waals surface area contributed by atoms with E-state index in [2.05, 4.69) is 29.6 Å². The van der Waals surface area contributed by atoms with Crippen LogP contribution in [0.5, 0.6) is 0 Å². The smallest absolute Gasteiger partial charge is 0.265 e. The number of benzene rings is 4. The molecule has 3 heteroatoms. The van der Waals surface area contributed by atoms with Crippen LogP contribution in [-0.2, 0) is 0 Å². The van der Waals surface area contributed by atoms with E-state index in [1.807, 2.05) is 83.3 Å². The zero-order valence-corrected chi connectivity index (χ0v) is 16.2. The lowest BCUT2D eigenvalue weighted by Gasteiger charge is -2.16. The Morgan fingerprint density at radius 3 is 2.03 bits per heavy atom. The minimum absolute atomic E-state index is 0.00969. The van der Waals surface area contributed by atoms with Crippen molar-refractivity contribution in [2.24, 2.45) is 0 Å². The van der Waals surface area contributed by atoms with E-state index in [9.17, 15) is 4.79 Å². The second-order valence-corrected chi connectivity index (χ2v) is 7.47. The lowest BCUT2D eigenvalue weighted by atomic mass is 10.0. The standard InChI is InChI=1S/C27H18N2O/c30-27-24(18-10-3-1-4-11-18)25(28-19-12-5-2-6-13-19)22-16-9-15-21-20-14-7-8-17-23(20)29(27)26(21)22/h1-17,28H. The van der Waals surface area contributed by atoms with Gasteiger partial charge in [0.2, 0.25) is 0 Å². The molecule has 2 aromatic heterocycles. The summed E-state index contributed by atoms with van der Waals surface area (Å²) < 4.78 is 1.87. The van der Waals surface area contributed by atoms with E-state index in [1.54, 1.807) is 0 Å². The highest BCUT2D eigenvalue weighted by Gasteiger charge is 2.21. The third-order valence-electron chi connectivity index (χ3n) is 5.74. The molecule has 0 radical (unpaired) electrons. The van der Waals surface area contributed by atoms with Crippen LogP contribution in [0.25, 0.3) is 38.3 Å². The molecule has 6 aromatic rings. The fourth-order valence-electron chi connectivity index (χ4n) is 4.45. The largest absolute Gasteiger partial charge is 0.354 e. The Balaban J connectivity index is 1.83.